The van der Waals surface area contributed by atoms with Crippen molar-refractivity contribution in [2.75, 3.05) is 13.9 Å². The highest BCUT2D eigenvalue weighted by Gasteiger charge is 2.37. The zero-order valence-electron chi connectivity index (χ0n) is 22.9. The highest BCUT2D eigenvalue weighted by atomic mass is 28.4. The molecule has 5 nitrogen and oxygen atoms in total. The molecule has 7 heteroatoms. The predicted molar refractivity (Wildman–Crippen MR) is 145 cm³/mol. The van der Waals surface area contributed by atoms with Crippen molar-refractivity contribution in [3.63, 3.8) is 0 Å². The second-order valence-corrected chi connectivity index (χ2v) is 16.5. The Morgan fingerprint density at radius 1 is 1.00 bits per heavy atom. The summed E-state index contributed by atoms with van der Waals surface area (Å²) in [5.74, 6) is -1.04. The monoisotopic (exact) mass is 511 g/mol. The lowest BCUT2D eigenvalue weighted by Gasteiger charge is -2.36. The van der Waals surface area contributed by atoms with Crippen molar-refractivity contribution in [3.05, 3.63) is 70.7 Å². The number of ether oxygens (including phenoxy) is 2. The summed E-state index contributed by atoms with van der Waals surface area (Å²) in [7, 11) is -0.427. The molecule has 1 aromatic heterocycles. The highest BCUT2D eigenvalue weighted by molar-refractivity contribution is 6.74. The molecule has 3 aromatic rings. The number of hydrogen-bond acceptors (Lipinski definition) is 5. The zero-order chi connectivity index (χ0) is 26.9. The predicted octanol–water partition coefficient (Wildman–Crippen LogP) is 7.41. The molecule has 0 radical (unpaired) electrons. The van der Waals surface area contributed by atoms with E-state index < -0.39 is 19.9 Å². The van der Waals surface area contributed by atoms with Crippen molar-refractivity contribution in [3.8, 4) is 5.75 Å². The highest BCUT2D eigenvalue weighted by Crippen LogP contribution is 2.37. The Bertz CT molecular complexity index is 1240. The molecule has 0 aliphatic heterocycles. The summed E-state index contributed by atoms with van der Waals surface area (Å²) < 4.78 is 32.8. The summed E-state index contributed by atoms with van der Waals surface area (Å²) in [5.41, 5.74) is 1.79. The summed E-state index contributed by atoms with van der Waals surface area (Å²) in [6.45, 7) is 17.4. The molecule has 194 valence electrons. The van der Waals surface area contributed by atoms with Gasteiger partial charge in [0.15, 0.2) is 26.7 Å². The maximum atomic E-state index is 15.9. The van der Waals surface area contributed by atoms with Crippen LogP contribution in [0.5, 0.6) is 5.75 Å². The van der Waals surface area contributed by atoms with Crippen molar-refractivity contribution in [2.45, 2.75) is 71.7 Å². The first kappa shape index (κ1) is 28.0. The van der Waals surface area contributed by atoms with E-state index in [9.17, 15) is 4.79 Å². The zero-order valence-corrected chi connectivity index (χ0v) is 23.9. The first-order valence-electron chi connectivity index (χ1n) is 12.2. The van der Waals surface area contributed by atoms with Crippen molar-refractivity contribution < 1.29 is 23.1 Å². The number of rotatable bonds is 8. The second-order valence-electron chi connectivity index (χ2n) is 11.7. The molecule has 0 aliphatic rings. The van der Waals surface area contributed by atoms with Crippen LogP contribution in [0.15, 0.2) is 42.5 Å². The molecule has 0 amide bonds. The summed E-state index contributed by atoms with van der Waals surface area (Å²) >= 11 is 0. The standard InChI is InChI=1S/C29H38FNO4Si/c1-28(2,3)23-15-14-21-16-22(34-18-33-7)24(25(30)26(21)31-23)27(32)20-12-10-19(11-13-20)17-35-36(8,9)29(4,5)6/h10-16H,17-18H2,1-9H3. The topological polar surface area (TPSA) is 57.7 Å². The molecule has 0 aliphatic carbocycles. The average molecular weight is 512 g/mol. The number of carbonyl (C=O) groups excluding carboxylic acids is 1. The Morgan fingerprint density at radius 2 is 1.64 bits per heavy atom. The minimum atomic E-state index is -1.90. The van der Waals surface area contributed by atoms with Crippen LogP contribution in [0.25, 0.3) is 10.9 Å². The molecule has 2 aromatic carbocycles. The second kappa shape index (κ2) is 10.4. The molecule has 36 heavy (non-hydrogen) atoms. The van der Waals surface area contributed by atoms with Crippen LogP contribution in [0.3, 0.4) is 0 Å². The molecule has 1 heterocycles. The van der Waals surface area contributed by atoms with E-state index in [4.69, 9.17) is 13.9 Å². The van der Waals surface area contributed by atoms with Gasteiger partial charge in [0, 0.05) is 29.2 Å². The van der Waals surface area contributed by atoms with E-state index in [2.05, 4.69) is 38.8 Å². The SMILES string of the molecule is COCOc1cc2ccc(C(C)(C)C)nc2c(F)c1C(=O)c1ccc(CO[Si](C)(C)C(C)(C)C)cc1. The van der Waals surface area contributed by atoms with Gasteiger partial charge in [0.1, 0.15) is 16.8 Å². The third-order valence-electron chi connectivity index (χ3n) is 6.84. The van der Waals surface area contributed by atoms with E-state index in [0.717, 1.165) is 11.3 Å². The lowest BCUT2D eigenvalue weighted by Crippen LogP contribution is -2.40. The van der Waals surface area contributed by atoms with Gasteiger partial charge in [-0.15, -0.1) is 0 Å². The number of fused-ring (bicyclic) bond motifs is 1. The first-order valence-corrected chi connectivity index (χ1v) is 15.1. The van der Waals surface area contributed by atoms with E-state index in [1.165, 1.54) is 7.11 Å². The molecule has 0 saturated heterocycles. The van der Waals surface area contributed by atoms with Crippen LogP contribution >= 0.6 is 0 Å². The third-order valence-corrected chi connectivity index (χ3v) is 11.3. The number of carbonyl (C=O) groups is 1. The number of aromatic nitrogens is 1. The van der Waals surface area contributed by atoms with Gasteiger partial charge in [0.25, 0.3) is 0 Å². The van der Waals surface area contributed by atoms with Crippen molar-refractivity contribution in [1.29, 1.82) is 0 Å². The van der Waals surface area contributed by atoms with Crippen LogP contribution in [-0.2, 0) is 21.2 Å². The average Bonchev–Trinajstić information content (AvgIpc) is 2.80. The van der Waals surface area contributed by atoms with E-state index in [-0.39, 0.29) is 34.1 Å². The number of nitrogens with zero attached hydrogens (tertiary/aromatic N) is 1. The number of hydrogen-bond donors (Lipinski definition) is 0. The van der Waals surface area contributed by atoms with Gasteiger partial charge in [-0.1, -0.05) is 71.9 Å². The van der Waals surface area contributed by atoms with Gasteiger partial charge in [0.2, 0.25) is 0 Å². The molecule has 0 unspecified atom stereocenters. The van der Waals surface area contributed by atoms with Crippen molar-refractivity contribution in [2.24, 2.45) is 0 Å². The van der Waals surface area contributed by atoms with Gasteiger partial charge in [0.05, 0.1) is 6.61 Å². The van der Waals surface area contributed by atoms with E-state index in [1.807, 2.05) is 39.0 Å². The van der Waals surface area contributed by atoms with Crippen LogP contribution < -0.4 is 4.74 Å². The quantitative estimate of drug-likeness (QED) is 0.179. The largest absolute Gasteiger partial charge is 0.467 e. The normalized spacial score (nSPS) is 12.7. The van der Waals surface area contributed by atoms with Gasteiger partial charge in [-0.25, -0.2) is 9.37 Å². The maximum absolute atomic E-state index is 15.9. The number of halogens is 1. The summed E-state index contributed by atoms with van der Waals surface area (Å²) in [6, 6.07) is 12.4. The fraction of sp³-hybridized carbons (Fsp3) is 0.448. The Kier molecular flexibility index (Phi) is 8.08. The van der Waals surface area contributed by atoms with Gasteiger partial charge in [-0.2, -0.15) is 0 Å². The maximum Gasteiger partial charge on any atom is 0.199 e. The summed E-state index contributed by atoms with van der Waals surface area (Å²) in [6.07, 6.45) is 0. The number of methoxy groups -OCH3 is 1. The fourth-order valence-corrected chi connectivity index (χ4v) is 4.41. The Balaban J connectivity index is 1.98. The van der Waals surface area contributed by atoms with Gasteiger partial charge in [-0.3, -0.25) is 4.79 Å². The smallest absolute Gasteiger partial charge is 0.199 e. The third kappa shape index (κ3) is 6.02. The molecule has 0 bridgehead atoms. The molecule has 3 rings (SSSR count). The fourth-order valence-electron chi connectivity index (χ4n) is 3.44. The molecule has 0 N–H and O–H groups in total. The Labute approximate surface area is 215 Å². The van der Waals surface area contributed by atoms with E-state index in [1.54, 1.807) is 24.3 Å². The molecule has 0 saturated carbocycles. The lowest BCUT2D eigenvalue weighted by atomic mass is 9.91. The van der Waals surface area contributed by atoms with Crippen LogP contribution in [0.1, 0.15) is 68.7 Å². The Morgan fingerprint density at radius 3 is 2.19 bits per heavy atom. The number of ketones is 1. The van der Waals surface area contributed by atoms with Gasteiger partial charge >= 0.3 is 0 Å². The molecule has 0 atom stereocenters. The van der Waals surface area contributed by atoms with Crippen molar-refractivity contribution in [1.82, 2.24) is 4.98 Å². The first-order chi connectivity index (χ1) is 16.7. The van der Waals surface area contributed by atoms with Gasteiger partial charge < -0.3 is 13.9 Å². The van der Waals surface area contributed by atoms with E-state index >= 15 is 4.39 Å². The van der Waals surface area contributed by atoms with Crippen LogP contribution in [0, 0.1) is 5.82 Å². The number of pyridine rings is 1. The molecular formula is C29H38FNO4Si. The van der Waals surface area contributed by atoms with Crippen LogP contribution in [-0.4, -0.2) is 33.0 Å². The summed E-state index contributed by atoms with van der Waals surface area (Å²) in [4.78, 5) is 18.1. The van der Waals surface area contributed by atoms with Crippen LogP contribution in [0.4, 0.5) is 4.39 Å². The van der Waals surface area contributed by atoms with Gasteiger partial charge in [-0.05, 0) is 35.8 Å². The van der Waals surface area contributed by atoms with E-state index in [0.29, 0.717) is 17.6 Å². The van der Waals surface area contributed by atoms with Crippen molar-refractivity contribution >= 4 is 25.0 Å². The lowest BCUT2D eigenvalue weighted by molar-refractivity contribution is 0.0502. The summed E-state index contributed by atoms with van der Waals surface area (Å²) in [5, 5.41) is 0.664. The number of benzene rings is 2. The minimum Gasteiger partial charge on any atom is -0.467 e. The molecule has 0 spiro atoms. The Hall–Kier alpha value is -2.61. The van der Waals surface area contributed by atoms with Crippen LogP contribution in [0.2, 0.25) is 18.1 Å². The molecular weight excluding hydrogens is 473 g/mol. The minimum absolute atomic E-state index is 0.107. The molecule has 0 fully saturated rings.